The fourth-order valence-electron chi connectivity index (χ4n) is 5.20. The molecule has 1 N–H and O–H groups in total. The van der Waals surface area contributed by atoms with Gasteiger partial charge in [0.15, 0.2) is 0 Å². The standard InChI is InChI=1S/C28H27FN4O5S/c1-32(2)25-9-4-7-20(30-25)17-37-21-8-3-6-18(14-21)15-23-22-16-19(29)10-11-24(22)38-26(23)31-27(34)28-12-5-13-33(28)39(28,35)36/h3-4,6-11,14,16H,5,12-13,15,17H2,1-2H3,(H,31,34)/t28-,33?/m0/s1. The molecule has 39 heavy (non-hydrogen) atoms. The van der Waals surface area contributed by atoms with Gasteiger partial charge >= 0.3 is 0 Å². The van der Waals surface area contributed by atoms with E-state index in [9.17, 15) is 17.6 Å². The van der Waals surface area contributed by atoms with E-state index in [0.717, 1.165) is 17.1 Å². The van der Waals surface area contributed by atoms with Crippen molar-refractivity contribution in [2.45, 2.75) is 30.7 Å². The van der Waals surface area contributed by atoms with Gasteiger partial charge in [-0.1, -0.05) is 18.2 Å². The minimum absolute atomic E-state index is 0.111. The van der Waals surface area contributed by atoms with Gasteiger partial charge in [-0.05, 0) is 60.9 Å². The summed E-state index contributed by atoms with van der Waals surface area (Å²) in [6.07, 6.45) is 1.14. The van der Waals surface area contributed by atoms with E-state index in [-0.39, 0.29) is 18.9 Å². The largest absolute Gasteiger partial charge is 0.487 e. The van der Waals surface area contributed by atoms with Gasteiger partial charge in [0.2, 0.25) is 20.8 Å². The molecule has 2 fully saturated rings. The van der Waals surface area contributed by atoms with E-state index < -0.39 is 26.6 Å². The molecule has 202 valence electrons. The number of nitrogens with zero attached hydrogens (tertiary/aromatic N) is 3. The third kappa shape index (κ3) is 4.31. The number of furan rings is 1. The molecule has 11 heteroatoms. The molecule has 2 atom stereocenters. The van der Waals surface area contributed by atoms with Crippen molar-refractivity contribution in [3.63, 3.8) is 0 Å². The lowest BCUT2D eigenvalue weighted by atomic mass is 10.0. The van der Waals surface area contributed by atoms with Gasteiger partial charge < -0.3 is 14.1 Å². The molecule has 0 radical (unpaired) electrons. The molecule has 2 saturated heterocycles. The Morgan fingerprint density at radius 1 is 1.18 bits per heavy atom. The zero-order valence-corrected chi connectivity index (χ0v) is 22.3. The third-order valence-corrected chi connectivity index (χ3v) is 9.58. The van der Waals surface area contributed by atoms with Crippen LogP contribution in [0.4, 0.5) is 16.1 Å². The Morgan fingerprint density at radius 3 is 2.77 bits per heavy atom. The highest BCUT2D eigenvalue weighted by Crippen LogP contribution is 2.53. The maximum absolute atomic E-state index is 14.2. The SMILES string of the molecule is CN(C)c1cccc(COc2cccc(Cc3c(NC(=O)[C@@]45CCCN4S5(=O)=O)oc4ccc(F)cc34)c2)n1. The number of aromatic nitrogens is 1. The number of carbonyl (C=O) groups excluding carboxylic acids is 1. The fraction of sp³-hybridized carbons (Fsp3) is 0.286. The lowest BCUT2D eigenvalue weighted by molar-refractivity contribution is -0.118. The number of rotatable bonds is 8. The molecular formula is C28H27FN4O5S. The molecule has 2 aromatic carbocycles. The number of nitrogens with one attached hydrogen (secondary N) is 1. The number of amides is 1. The van der Waals surface area contributed by atoms with Crippen molar-refractivity contribution < 1.29 is 26.8 Å². The van der Waals surface area contributed by atoms with E-state index in [1.54, 1.807) is 0 Å². The zero-order valence-electron chi connectivity index (χ0n) is 21.5. The Bertz CT molecular complexity index is 1700. The van der Waals surface area contributed by atoms with Crippen molar-refractivity contribution in [3.05, 3.63) is 83.3 Å². The molecule has 1 unspecified atom stereocenters. The molecule has 2 aliphatic rings. The number of hydrogen-bond acceptors (Lipinski definition) is 7. The first kappa shape index (κ1) is 25.3. The molecule has 0 saturated carbocycles. The lowest BCUT2D eigenvalue weighted by Crippen LogP contribution is -2.33. The van der Waals surface area contributed by atoms with Crippen molar-refractivity contribution in [1.29, 1.82) is 0 Å². The van der Waals surface area contributed by atoms with Crippen molar-refractivity contribution >= 4 is 38.6 Å². The van der Waals surface area contributed by atoms with Crippen LogP contribution < -0.4 is 15.0 Å². The monoisotopic (exact) mass is 550 g/mol. The molecular weight excluding hydrogens is 523 g/mol. The van der Waals surface area contributed by atoms with Gasteiger partial charge in [-0.15, -0.1) is 0 Å². The minimum Gasteiger partial charge on any atom is -0.487 e. The lowest BCUT2D eigenvalue weighted by Gasteiger charge is -2.13. The molecule has 2 aliphatic heterocycles. The Labute approximate surface area is 225 Å². The van der Waals surface area contributed by atoms with E-state index in [0.29, 0.717) is 41.7 Å². The summed E-state index contributed by atoms with van der Waals surface area (Å²) in [5, 5.41) is 3.20. The summed E-state index contributed by atoms with van der Waals surface area (Å²) in [6.45, 7) is 0.606. The van der Waals surface area contributed by atoms with Gasteiger partial charge in [0, 0.05) is 38.0 Å². The van der Waals surface area contributed by atoms with Crippen LogP contribution >= 0.6 is 0 Å². The Morgan fingerprint density at radius 2 is 2.00 bits per heavy atom. The second-order valence-electron chi connectivity index (χ2n) is 9.96. The average molecular weight is 551 g/mol. The van der Waals surface area contributed by atoms with Crippen LogP contribution in [0.5, 0.6) is 5.75 Å². The number of carbonyl (C=O) groups is 1. The number of anilines is 2. The molecule has 0 spiro atoms. The molecule has 2 aromatic heterocycles. The molecule has 1 amide bonds. The topological polar surface area (TPSA) is 105 Å². The first-order valence-corrected chi connectivity index (χ1v) is 14.0. The van der Waals surface area contributed by atoms with Crippen molar-refractivity contribution in [3.8, 4) is 5.75 Å². The highest BCUT2D eigenvalue weighted by molar-refractivity contribution is 7.98. The minimum atomic E-state index is -3.64. The summed E-state index contributed by atoms with van der Waals surface area (Å²) in [4.78, 5) is 18.1. The second kappa shape index (κ2) is 9.35. The van der Waals surface area contributed by atoms with Crippen molar-refractivity contribution in [2.24, 2.45) is 0 Å². The normalized spacial score (nSPS) is 20.9. The van der Waals surface area contributed by atoms with Crippen LogP contribution in [0.15, 0.2) is 65.1 Å². The van der Waals surface area contributed by atoms with E-state index in [4.69, 9.17) is 9.15 Å². The van der Waals surface area contributed by atoms with E-state index >= 15 is 0 Å². The van der Waals surface area contributed by atoms with Crippen LogP contribution in [-0.2, 0) is 27.8 Å². The number of sulfonamides is 1. The average Bonchev–Trinajstić information content (AvgIpc) is 3.27. The number of fused-ring (bicyclic) bond motifs is 2. The zero-order chi connectivity index (χ0) is 27.4. The van der Waals surface area contributed by atoms with Crippen molar-refractivity contribution in [2.75, 3.05) is 30.9 Å². The van der Waals surface area contributed by atoms with E-state index in [1.165, 1.54) is 22.5 Å². The first-order valence-electron chi connectivity index (χ1n) is 12.6. The first-order chi connectivity index (χ1) is 18.7. The van der Waals surface area contributed by atoms with Crippen LogP contribution in [0.25, 0.3) is 11.0 Å². The summed E-state index contributed by atoms with van der Waals surface area (Å²) in [5.41, 5.74) is 2.56. The predicted octanol–water partition coefficient (Wildman–Crippen LogP) is 4.28. The maximum Gasteiger partial charge on any atom is 0.265 e. The smallest absolute Gasteiger partial charge is 0.265 e. The quantitative estimate of drug-likeness (QED) is 0.327. The van der Waals surface area contributed by atoms with Gasteiger partial charge in [-0.2, -0.15) is 4.31 Å². The number of ether oxygens (including phenoxy) is 1. The van der Waals surface area contributed by atoms with Gasteiger partial charge in [-0.3, -0.25) is 10.1 Å². The highest BCUT2D eigenvalue weighted by atomic mass is 32.2. The Kier molecular flexibility index (Phi) is 6.07. The second-order valence-corrected chi connectivity index (χ2v) is 12.0. The van der Waals surface area contributed by atoms with Gasteiger partial charge in [0.05, 0.1) is 5.69 Å². The molecule has 0 bridgehead atoms. The maximum atomic E-state index is 14.2. The summed E-state index contributed by atoms with van der Waals surface area (Å²) in [7, 11) is 0.208. The van der Waals surface area contributed by atoms with Gasteiger partial charge in [-0.25, -0.2) is 17.8 Å². The molecule has 0 aliphatic carbocycles. The summed E-state index contributed by atoms with van der Waals surface area (Å²) in [5.74, 6) is 0.471. The van der Waals surface area contributed by atoms with E-state index in [2.05, 4.69) is 10.3 Å². The molecule has 9 nitrogen and oxygen atoms in total. The molecule has 4 heterocycles. The van der Waals surface area contributed by atoms with Crippen molar-refractivity contribution in [1.82, 2.24) is 9.29 Å². The predicted molar refractivity (Wildman–Crippen MR) is 145 cm³/mol. The highest BCUT2D eigenvalue weighted by Gasteiger charge is 2.77. The number of hydrogen-bond donors (Lipinski definition) is 1. The van der Waals surface area contributed by atoms with Crippen LogP contribution in [0.1, 0.15) is 29.7 Å². The molecule has 6 rings (SSSR count). The number of halogens is 1. The third-order valence-electron chi connectivity index (χ3n) is 7.22. The van der Waals surface area contributed by atoms with Crippen LogP contribution in [0.3, 0.4) is 0 Å². The van der Waals surface area contributed by atoms with Gasteiger partial charge in [0.1, 0.15) is 29.6 Å². The number of benzene rings is 2. The van der Waals surface area contributed by atoms with E-state index in [1.807, 2.05) is 61.5 Å². The molecule has 4 aromatic rings. The fourth-order valence-corrected chi connectivity index (χ4v) is 7.37. The summed E-state index contributed by atoms with van der Waals surface area (Å²) in [6, 6.07) is 17.3. The van der Waals surface area contributed by atoms with Crippen LogP contribution in [-0.4, -0.2) is 49.1 Å². The summed E-state index contributed by atoms with van der Waals surface area (Å²) >= 11 is 0. The van der Waals surface area contributed by atoms with Crippen LogP contribution in [0, 0.1) is 5.82 Å². The summed E-state index contributed by atoms with van der Waals surface area (Å²) < 4.78 is 52.2. The van der Waals surface area contributed by atoms with Gasteiger partial charge in [0.25, 0.3) is 5.91 Å². The Balaban J connectivity index is 1.26. The number of pyridine rings is 1. The Hall–Kier alpha value is -3.96. The van der Waals surface area contributed by atoms with Crippen LogP contribution in [0.2, 0.25) is 0 Å².